The van der Waals surface area contributed by atoms with Crippen molar-refractivity contribution in [2.75, 3.05) is 0 Å². The van der Waals surface area contributed by atoms with Gasteiger partial charge in [0.2, 0.25) is 0 Å². The number of nitrogens with zero attached hydrogens (tertiary/aromatic N) is 3. The second-order valence-electron chi connectivity index (χ2n) is 10.9. The van der Waals surface area contributed by atoms with Gasteiger partial charge in [-0.25, -0.2) is 15.0 Å². The first-order valence-electron chi connectivity index (χ1n) is 14.8. The molecule has 0 fully saturated rings. The van der Waals surface area contributed by atoms with E-state index in [0.29, 0.717) is 5.82 Å². The molecule has 44 heavy (non-hydrogen) atoms. The van der Waals surface area contributed by atoms with Gasteiger partial charge < -0.3 is 0 Å². The molecule has 3 heteroatoms. The predicted octanol–water partition coefficient (Wildman–Crippen LogP) is 10.5. The maximum absolute atomic E-state index is 5.18. The molecule has 3 nitrogen and oxygen atoms in total. The maximum Gasteiger partial charge on any atom is 0.160 e. The van der Waals surface area contributed by atoms with E-state index in [1.54, 1.807) is 0 Å². The molecule has 0 aliphatic carbocycles. The van der Waals surface area contributed by atoms with Crippen molar-refractivity contribution in [1.82, 2.24) is 15.0 Å². The van der Waals surface area contributed by atoms with Crippen molar-refractivity contribution in [3.8, 4) is 56.2 Å². The summed E-state index contributed by atoms with van der Waals surface area (Å²) in [4.78, 5) is 15.5. The molecule has 2 aromatic heterocycles. The van der Waals surface area contributed by atoms with Crippen LogP contribution in [0.5, 0.6) is 0 Å². The smallest absolute Gasteiger partial charge is 0.160 e. The Labute approximate surface area is 256 Å². The van der Waals surface area contributed by atoms with Crippen LogP contribution in [0.1, 0.15) is 0 Å². The fourth-order valence-electron chi connectivity index (χ4n) is 5.81. The first kappa shape index (κ1) is 25.8. The SMILES string of the molecule is c1ccc(-c2cccc(-c3ccc(-c4nc(-c5ccccc5)c5ccc6ccc(-c7ccccc7)nc6c5n4)cc3)c2)cc1. The van der Waals surface area contributed by atoms with Gasteiger partial charge in [-0.3, -0.25) is 0 Å². The molecule has 0 atom stereocenters. The molecule has 0 N–H and O–H groups in total. The summed E-state index contributed by atoms with van der Waals surface area (Å²) in [6.45, 7) is 0. The van der Waals surface area contributed by atoms with Crippen molar-refractivity contribution in [2.24, 2.45) is 0 Å². The van der Waals surface area contributed by atoms with Crippen LogP contribution in [-0.2, 0) is 0 Å². The highest BCUT2D eigenvalue weighted by molar-refractivity contribution is 6.08. The molecule has 0 bridgehead atoms. The molecule has 0 unspecified atom stereocenters. The molecule has 206 valence electrons. The Morgan fingerprint density at radius 3 is 1.55 bits per heavy atom. The van der Waals surface area contributed by atoms with Crippen LogP contribution in [0.4, 0.5) is 0 Å². The summed E-state index contributed by atoms with van der Waals surface area (Å²) in [5.41, 5.74) is 11.4. The van der Waals surface area contributed by atoms with Gasteiger partial charge in [-0.05, 0) is 40.5 Å². The lowest BCUT2D eigenvalue weighted by Gasteiger charge is -2.12. The molecule has 8 aromatic rings. The quantitative estimate of drug-likeness (QED) is 0.196. The van der Waals surface area contributed by atoms with Crippen molar-refractivity contribution in [2.45, 2.75) is 0 Å². The Morgan fingerprint density at radius 1 is 0.318 bits per heavy atom. The Kier molecular flexibility index (Phi) is 6.47. The van der Waals surface area contributed by atoms with Crippen LogP contribution in [0, 0.1) is 0 Å². The summed E-state index contributed by atoms with van der Waals surface area (Å²) in [7, 11) is 0. The number of pyridine rings is 1. The van der Waals surface area contributed by atoms with E-state index in [-0.39, 0.29) is 0 Å². The van der Waals surface area contributed by atoms with Crippen molar-refractivity contribution in [3.05, 3.63) is 164 Å². The first-order valence-corrected chi connectivity index (χ1v) is 14.8. The molecule has 2 heterocycles. The number of benzene rings is 6. The highest BCUT2D eigenvalue weighted by Crippen LogP contribution is 2.34. The summed E-state index contributed by atoms with van der Waals surface area (Å²) < 4.78 is 0. The fraction of sp³-hybridized carbons (Fsp3) is 0. The minimum atomic E-state index is 0.681. The average molecular weight is 562 g/mol. The van der Waals surface area contributed by atoms with Gasteiger partial charge in [-0.15, -0.1) is 0 Å². The van der Waals surface area contributed by atoms with Gasteiger partial charge in [-0.2, -0.15) is 0 Å². The third-order valence-electron chi connectivity index (χ3n) is 8.09. The third-order valence-corrected chi connectivity index (χ3v) is 8.09. The van der Waals surface area contributed by atoms with E-state index in [1.807, 2.05) is 42.5 Å². The Hall–Kier alpha value is -5.93. The van der Waals surface area contributed by atoms with E-state index in [1.165, 1.54) is 16.7 Å². The zero-order valence-corrected chi connectivity index (χ0v) is 23.9. The van der Waals surface area contributed by atoms with E-state index < -0.39 is 0 Å². The Morgan fingerprint density at radius 2 is 0.864 bits per heavy atom. The summed E-state index contributed by atoms with van der Waals surface area (Å²) in [6, 6.07) is 56.8. The fourth-order valence-corrected chi connectivity index (χ4v) is 5.81. The normalized spacial score (nSPS) is 11.2. The van der Waals surface area contributed by atoms with Crippen LogP contribution in [0.25, 0.3) is 78.0 Å². The van der Waals surface area contributed by atoms with Crippen molar-refractivity contribution in [1.29, 1.82) is 0 Å². The molecule has 0 amide bonds. The molecular weight excluding hydrogens is 534 g/mol. The first-order chi connectivity index (χ1) is 21.8. The number of fused-ring (bicyclic) bond motifs is 3. The summed E-state index contributed by atoms with van der Waals surface area (Å²) in [5.74, 6) is 0.681. The molecule has 0 saturated carbocycles. The van der Waals surface area contributed by atoms with Crippen molar-refractivity contribution >= 4 is 21.8 Å². The largest absolute Gasteiger partial charge is 0.245 e. The lowest BCUT2D eigenvalue weighted by atomic mass is 9.98. The minimum absolute atomic E-state index is 0.681. The van der Waals surface area contributed by atoms with Crippen LogP contribution in [0.15, 0.2) is 164 Å². The van der Waals surface area contributed by atoms with Gasteiger partial charge in [-0.1, -0.05) is 146 Å². The minimum Gasteiger partial charge on any atom is -0.245 e. The van der Waals surface area contributed by atoms with Gasteiger partial charge >= 0.3 is 0 Å². The number of hydrogen-bond donors (Lipinski definition) is 0. The standard InChI is InChI=1S/C41H27N3/c1-4-11-28(12-5-1)34-17-10-18-35(27-34)29-19-21-33(22-20-29)41-43-38(31-15-8-3-9-16-31)36-25-23-32-24-26-37(30-13-6-2-7-14-30)42-39(32)40(36)44-41/h1-27H. The molecule has 0 aliphatic rings. The van der Waals surface area contributed by atoms with Crippen LogP contribution < -0.4 is 0 Å². The second kappa shape index (κ2) is 11.0. The molecule has 8 rings (SSSR count). The zero-order chi connectivity index (χ0) is 29.3. The molecular formula is C41H27N3. The number of rotatable bonds is 5. The highest BCUT2D eigenvalue weighted by Gasteiger charge is 2.15. The van der Waals surface area contributed by atoms with E-state index >= 15 is 0 Å². The summed E-state index contributed by atoms with van der Waals surface area (Å²) in [5, 5.41) is 2.04. The Balaban J connectivity index is 1.27. The lowest BCUT2D eigenvalue weighted by Crippen LogP contribution is -1.97. The van der Waals surface area contributed by atoms with Gasteiger partial charge in [0.15, 0.2) is 5.82 Å². The van der Waals surface area contributed by atoms with E-state index in [9.17, 15) is 0 Å². The molecule has 0 spiro atoms. The van der Waals surface area contributed by atoms with Crippen molar-refractivity contribution in [3.63, 3.8) is 0 Å². The number of hydrogen-bond acceptors (Lipinski definition) is 3. The predicted molar refractivity (Wildman–Crippen MR) is 182 cm³/mol. The molecule has 0 aliphatic heterocycles. The van der Waals surface area contributed by atoms with Crippen LogP contribution in [0.2, 0.25) is 0 Å². The molecule has 0 saturated heterocycles. The highest BCUT2D eigenvalue weighted by atomic mass is 14.9. The third kappa shape index (κ3) is 4.81. The maximum atomic E-state index is 5.18. The topological polar surface area (TPSA) is 38.7 Å². The van der Waals surface area contributed by atoms with Gasteiger partial charge in [0.25, 0.3) is 0 Å². The van der Waals surface area contributed by atoms with Crippen LogP contribution in [-0.4, -0.2) is 15.0 Å². The molecule has 6 aromatic carbocycles. The van der Waals surface area contributed by atoms with Gasteiger partial charge in [0, 0.05) is 27.5 Å². The van der Waals surface area contributed by atoms with Crippen molar-refractivity contribution < 1.29 is 0 Å². The zero-order valence-electron chi connectivity index (χ0n) is 23.9. The van der Waals surface area contributed by atoms with E-state index in [0.717, 1.165) is 55.4 Å². The van der Waals surface area contributed by atoms with E-state index in [4.69, 9.17) is 15.0 Å². The van der Waals surface area contributed by atoms with Gasteiger partial charge in [0.05, 0.1) is 16.9 Å². The van der Waals surface area contributed by atoms with Crippen LogP contribution in [0.3, 0.4) is 0 Å². The van der Waals surface area contributed by atoms with Gasteiger partial charge in [0.1, 0.15) is 5.52 Å². The Bertz CT molecular complexity index is 2240. The molecule has 0 radical (unpaired) electrons. The monoisotopic (exact) mass is 561 g/mol. The summed E-state index contributed by atoms with van der Waals surface area (Å²) >= 11 is 0. The summed E-state index contributed by atoms with van der Waals surface area (Å²) in [6.07, 6.45) is 0. The second-order valence-corrected chi connectivity index (χ2v) is 10.9. The van der Waals surface area contributed by atoms with E-state index in [2.05, 4.69) is 121 Å². The average Bonchev–Trinajstić information content (AvgIpc) is 3.12. The number of aromatic nitrogens is 3. The lowest BCUT2D eigenvalue weighted by molar-refractivity contribution is 1.23. The van der Waals surface area contributed by atoms with Crippen LogP contribution >= 0.6 is 0 Å².